The maximum atomic E-state index is 10.4. The Balaban J connectivity index is 0.00000144. The number of aliphatic carboxylic acids is 1. The molecule has 13 heavy (non-hydrogen) atoms. The predicted octanol–water partition coefficient (Wildman–Crippen LogP) is -0.00750. The van der Waals surface area contributed by atoms with Gasteiger partial charge in [0.2, 0.25) is 0 Å². The average Bonchev–Trinajstić information content (AvgIpc) is 2.06. The van der Waals surface area contributed by atoms with E-state index in [1.54, 1.807) is 0 Å². The Morgan fingerprint density at radius 3 is 2.38 bits per heavy atom. The van der Waals surface area contributed by atoms with Crippen LogP contribution in [-0.4, -0.2) is 46.7 Å². The number of carbonyl (C=O) groups is 1. The number of rotatable bonds is 3. The Kier molecular flexibility index (Phi) is 5.99. The van der Waals surface area contributed by atoms with E-state index < -0.39 is 12.0 Å². The number of hydrogen-bond donors (Lipinski definition) is 2. The Morgan fingerprint density at radius 1 is 1.38 bits per heavy atom. The molecule has 1 atom stereocenters. The molecule has 0 aliphatic heterocycles. The molecule has 0 saturated heterocycles. The summed E-state index contributed by atoms with van der Waals surface area (Å²) in [7, 11) is 0. The van der Waals surface area contributed by atoms with Crippen LogP contribution in [0.5, 0.6) is 0 Å². The second kappa shape index (κ2) is 6.16. The summed E-state index contributed by atoms with van der Waals surface area (Å²) < 4.78 is 0. The summed E-state index contributed by atoms with van der Waals surface area (Å²) >= 11 is 0. The van der Waals surface area contributed by atoms with Gasteiger partial charge in [-0.25, -0.2) is 0 Å². The first kappa shape index (κ1) is 12.7. The van der Waals surface area contributed by atoms with Crippen molar-refractivity contribution in [3.8, 4) is 0 Å². The Bertz CT molecular complexity index is 264. The molecule has 66 valence electrons. The fourth-order valence-corrected chi connectivity index (χ4v) is 0.955. The van der Waals surface area contributed by atoms with E-state index in [-0.39, 0.29) is 29.6 Å². The van der Waals surface area contributed by atoms with Crippen LogP contribution in [0, 0.1) is 0 Å². The first-order valence-corrected chi connectivity index (χ1v) is 3.72. The van der Waals surface area contributed by atoms with Crippen molar-refractivity contribution < 1.29 is 9.90 Å². The van der Waals surface area contributed by atoms with Gasteiger partial charge in [-0.2, -0.15) is 0 Å². The first-order valence-electron chi connectivity index (χ1n) is 3.72. The van der Waals surface area contributed by atoms with Crippen LogP contribution in [0.3, 0.4) is 0 Å². The Labute approximate surface area is 99.2 Å². The van der Waals surface area contributed by atoms with Crippen LogP contribution < -0.4 is 5.73 Å². The van der Waals surface area contributed by atoms with Gasteiger partial charge in [0.25, 0.3) is 0 Å². The molecule has 3 nitrogen and oxygen atoms in total. The minimum absolute atomic E-state index is 0. The van der Waals surface area contributed by atoms with E-state index in [4.69, 9.17) is 10.8 Å². The van der Waals surface area contributed by atoms with Crippen LogP contribution in [0.25, 0.3) is 0 Å². The van der Waals surface area contributed by atoms with E-state index in [9.17, 15) is 4.79 Å². The number of benzene rings is 1. The van der Waals surface area contributed by atoms with E-state index in [0.717, 1.165) is 5.56 Å². The monoisotopic (exact) mass is 189 g/mol. The Hall–Kier alpha value is -0.350. The Morgan fingerprint density at radius 2 is 1.92 bits per heavy atom. The van der Waals surface area contributed by atoms with Crippen molar-refractivity contribution in [1.82, 2.24) is 0 Å². The number of carboxylic acids is 1. The average molecular weight is 189 g/mol. The van der Waals surface area contributed by atoms with Crippen LogP contribution in [0.15, 0.2) is 30.3 Å². The summed E-state index contributed by atoms with van der Waals surface area (Å²) in [5, 5.41) is 8.52. The normalized spacial score (nSPS) is 11.5. The van der Waals surface area contributed by atoms with E-state index in [1.165, 1.54) is 0 Å². The molecule has 0 aliphatic carbocycles. The van der Waals surface area contributed by atoms with Crippen molar-refractivity contribution in [2.75, 3.05) is 0 Å². The topological polar surface area (TPSA) is 63.3 Å². The van der Waals surface area contributed by atoms with Crippen molar-refractivity contribution >= 4 is 35.5 Å². The third-order valence-electron chi connectivity index (χ3n) is 1.62. The van der Waals surface area contributed by atoms with Crippen molar-refractivity contribution in [3.63, 3.8) is 0 Å². The van der Waals surface area contributed by atoms with Crippen molar-refractivity contribution in [2.45, 2.75) is 12.5 Å². The van der Waals surface area contributed by atoms with Crippen LogP contribution in [-0.2, 0) is 11.2 Å². The quantitative estimate of drug-likeness (QED) is 0.657. The predicted molar refractivity (Wildman–Crippen MR) is 52.9 cm³/mol. The third kappa shape index (κ3) is 4.43. The molecule has 1 aromatic rings. The van der Waals surface area contributed by atoms with Gasteiger partial charge in [-0.3, -0.25) is 4.79 Å². The second-order valence-corrected chi connectivity index (χ2v) is 2.63. The summed E-state index contributed by atoms with van der Waals surface area (Å²) in [5.41, 5.74) is 6.30. The summed E-state index contributed by atoms with van der Waals surface area (Å²) in [6.45, 7) is 0. The molecule has 0 spiro atoms. The molecule has 0 amide bonds. The van der Waals surface area contributed by atoms with Crippen molar-refractivity contribution in [1.29, 1.82) is 0 Å². The molecule has 1 aromatic carbocycles. The van der Waals surface area contributed by atoms with Gasteiger partial charge in [-0.1, -0.05) is 30.3 Å². The van der Waals surface area contributed by atoms with Gasteiger partial charge in [0.1, 0.15) is 6.04 Å². The van der Waals surface area contributed by atoms with E-state index in [0.29, 0.717) is 6.42 Å². The number of hydrogen-bond acceptors (Lipinski definition) is 2. The summed E-state index contributed by atoms with van der Waals surface area (Å²) in [4.78, 5) is 10.4. The molecule has 0 aromatic heterocycles. The third-order valence-corrected chi connectivity index (χ3v) is 1.62. The minimum atomic E-state index is -0.959. The van der Waals surface area contributed by atoms with Crippen LogP contribution in [0.4, 0.5) is 0 Å². The standard InChI is InChI=1S/C9H11NO2.Na.H/c10-8(9(11)12)6-7-4-2-1-3-5-7;;/h1-5,8H,6,10H2,(H,11,12);;/t8-;;/m0../s1. The molecule has 1 rings (SSSR count). The van der Waals surface area contributed by atoms with Crippen molar-refractivity contribution in [2.24, 2.45) is 5.73 Å². The molecule has 0 radical (unpaired) electrons. The van der Waals surface area contributed by atoms with E-state index in [2.05, 4.69) is 0 Å². The second-order valence-electron chi connectivity index (χ2n) is 2.63. The zero-order valence-electron chi connectivity index (χ0n) is 6.60. The van der Waals surface area contributed by atoms with Gasteiger partial charge >= 0.3 is 35.5 Å². The number of nitrogens with two attached hydrogens (primary N) is 1. The molecule has 0 heterocycles. The maximum absolute atomic E-state index is 10.4. The summed E-state index contributed by atoms with van der Waals surface area (Å²) in [6, 6.07) is 8.54. The molecular weight excluding hydrogens is 177 g/mol. The summed E-state index contributed by atoms with van der Waals surface area (Å²) in [6.07, 6.45) is 0.385. The van der Waals surface area contributed by atoms with E-state index >= 15 is 0 Å². The fraction of sp³-hybridized carbons (Fsp3) is 0.222. The zero-order chi connectivity index (χ0) is 8.97. The van der Waals surface area contributed by atoms with Crippen LogP contribution in [0.1, 0.15) is 5.56 Å². The summed E-state index contributed by atoms with van der Waals surface area (Å²) in [5.74, 6) is -0.959. The molecule has 0 unspecified atom stereocenters. The van der Waals surface area contributed by atoms with Gasteiger partial charge in [0.05, 0.1) is 0 Å². The molecule has 0 saturated carbocycles. The van der Waals surface area contributed by atoms with Gasteiger partial charge in [-0.05, 0) is 12.0 Å². The molecule has 0 fully saturated rings. The first-order chi connectivity index (χ1) is 5.70. The SMILES string of the molecule is N[C@@H](Cc1ccccc1)C(=O)O.[NaH]. The van der Waals surface area contributed by atoms with Crippen LogP contribution in [0.2, 0.25) is 0 Å². The van der Waals surface area contributed by atoms with Crippen LogP contribution >= 0.6 is 0 Å². The van der Waals surface area contributed by atoms with Gasteiger partial charge in [-0.15, -0.1) is 0 Å². The molecule has 0 aliphatic rings. The molecule has 0 bridgehead atoms. The molecular formula is C9H12NNaO2. The van der Waals surface area contributed by atoms with Gasteiger partial charge in [0, 0.05) is 0 Å². The van der Waals surface area contributed by atoms with Gasteiger partial charge in [0.15, 0.2) is 0 Å². The van der Waals surface area contributed by atoms with Gasteiger partial charge < -0.3 is 10.8 Å². The van der Waals surface area contributed by atoms with E-state index in [1.807, 2.05) is 30.3 Å². The fourth-order valence-electron chi connectivity index (χ4n) is 0.955. The number of carboxylic acid groups (broad SMARTS) is 1. The van der Waals surface area contributed by atoms with Crippen molar-refractivity contribution in [3.05, 3.63) is 35.9 Å². The molecule has 3 N–H and O–H groups in total. The zero-order valence-corrected chi connectivity index (χ0v) is 6.60. The molecule has 4 heteroatoms.